The van der Waals surface area contributed by atoms with E-state index in [1.54, 1.807) is 5.56 Å². The van der Waals surface area contributed by atoms with Gasteiger partial charge in [-0.15, -0.1) is 0 Å². The Hall–Kier alpha value is -2.09. The summed E-state index contributed by atoms with van der Waals surface area (Å²) in [5, 5.41) is 0. The van der Waals surface area contributed by atoms with E-state index in [2.05, 4.69) is 31.2 Å². The van der Waals surface area contributed by atoms with Gasteiger partial charge in [0.25, 0.3) is 5.91 Å². The number of hydrogen-bond donors (Lipinski definition) is 0. The predicted octanol–water partition coefficient (Wildman–Crippen LogP) is 5.61. The lowest BCUT2D eigenvalue weighted by Crippen LogP contribution is -2.57. The van der Waals surface area contributed by atoms with Crippen LogP contribution in [0.2, 0.25) is 0 Å². The molecule has 2 aromatic rings. The standard InChI is InChI=1S/C26H31NO/c1-19-8-10-23(11-9-19)26-15-20-12-21(16-26)14-25(13-20,17-26)18-27(2)24(28)22-6-4-3-5-7-22/h3-11,20-21H,12-18H2,1-2H3. The van der Waals surface area contributed by atoms with E-state index in [4.69, 9.17) is 0 Å². The zero-order chi connectivity index (χ0) is 19.4. The maximum absolute atomic E-state index is 13.0. The van der Waals surface area contributed by atoms with Crippen LogP contribution >= 0.6 is 0 Å². The molecule has 0 saturated heterocycles. The molecule has 0 radical (unpaired) electrons. The average Bonchev–Trinajstić information content (AvgIpc) is 2.67. The van der Waals surface area contributed by atoms with Crippen molar-refractivity contribution in [3.63, 3.8) is 0 Å². The third kappa shape index (κ3) is 2.98. The molecule has 28 heavy (non-hydrogen) atoms. The molecule has 0 N–H and O–H groups in total. The van der Waals surface area contributed by atoms with Gasteiger partial charge in [0.05, 0.1) is 0 Å². The second-order valence-corrected chi connectivity index (χ2v) is 10.1. The lowest BCUT2D eigenvalue weighted by molar-refractivity contribution is -0.0806. The van der Waals surface area contributed by atoms with Crippen LogP contribution in [0.3, 0.4) is 0 Å². The minimum Gasteiger partial charge on any atom is -0.341 e. The third-order valence-electron chi connectivity index (χ3n) is 7.79. The van der Waals surface area contributed by atoms with Crippen LogP contribution in [0.15, 0.2) is 54.6 Å². The molecular weight excluding hydrogens is 342 g/mol. The highest BCUT2D eigenvalue weighted by atomic mass is 16.2. The van der Waals surface area contributed by atoms with Gasteiger partial charge in [0.2, 0.25) is 0 Å². The van der Waals surface area contributed by atoms with Crippen LogP contribution < -0.4 is 0 Å². The normalized spacial score (nSPS) is 33.1. The van der Waals surface area contributed by atoms with E-state index in [1.165, 1.54) is 44.1 Å². The fraction of sp³-hybridized carbons (Fsp3) is 0.500. The van der Waals surface area contributed by atoms with Gasteiger partial charge in [0.15, 0.2) is 0 Å². The second kappa shape index (κ2) is 6.47. The molecular formula is C26H31NO. The molecule has 0 aromatic heterocycles. The molecule has 4 aliphatic rings. The van der Waals surface area contributed by atoms with Crippen LogP contribution in [0.5, 0.6) is 0 Å². The van der Waals surface area contributed by atoms with Crippen molar-refractivity contribution in [1.29, 1.82) is 0 Å². The Bertz CT molecular complexity index is 855. The Kier molecular flexibility index (Phi) is 4.15. The van der Waals surface area contributed by atoms with Crippen molar-refractivity contribution >= 4 is 5.91 Å². The van der Waals surface area contributed by atoms with Crippen LogP contribution in [0, 0.1) is 24.2 Å². The zero-order valence-corrected chi connectivity index (χ0v) is 17.2. The monoisotopic (exact) mass is 373 g/mol. The molecule has 2 aromatic carbocycles. The van der Waals surface area contributed by atoms with Gasteiger partial charge in [-0.05, 0) is 85.8 Å². The third-order valence-corrected chi connectivity index (χ3v) is 7.79. The Labute approximate surface area is 169 Å². The first-order valence-corrected chi connectivity index (χ1v) is 10.8. The summed E-state index contributed by atoms with van der Waals surface area (Å²) in [5.41, 5.74) is 4.34. The Morgan fingerprint density at radius 3 is 2.25 bits per heavy atom. The van der Waals surface area contributed by atoms with Gasteiger partial charge in [0, 0.05) is 19.2 Å². The molecule has 2 atom stereocenters. The summed E-state index contributed by atoms with van der Waals surface area (Å²) in [4.78, 5) is 15.0. The predicted molar refractivity (Wildman–Crippen MR) is 113 cm³/mol. The van der Waals surface area contributed by atoms with E-state index >= 15 is 0 Å². The van der Waals surface area contributed by atoms with Gasteiger partial charge in [-0.3, -0.25) is 4.79 Å². The fourth-order valence-electron chi connectivity index (χ4n) is 7.26. The molecule has 4 fully saturated rings. The number of amides is 1. The molecule has 0 aliphatic heterocycles. The molecule has 4 bridgehead atoms. The van der Waals surface area contributed by atoms with Gasteiger partial charge in [-0.25, -0.2) is 0 Å². The van der Waals surface area contributed by atoms with Crippen LogP contribution in [-0.2, 0) is 5.41 Å². The van der Waals surface area contributed by atoms with Crippen LogP contribution in [-0.4, -0.2) is 24.4 Å². The number of nitrogens with zero attached hydrogens (tertiary/aromatic N) is 1. The smallest absolute Gasteiger partial charge is 0.253 e. The van der Waals surface area contributed by atoms with Gasteiger partial charge in [-0.1, -0.05) is 48.0 Å². The molecule has 2 nitrogen and oxygen atoms in total. The van der Waals surface area contributed by atoms with E-state index in [-0.39, 0.29) is 5.91 Å². The van der Waals surface area contributed by atoms with E-state index in [9.17, 15) is 4.79 Å². The summed E-state index contributed by atoms with van der Waals surface area (Å²) in [6.45, 7) is 3.08. The number of aryl methyl sites for hydroxylation is 1. The summed E-state index contributed by atoms with van der Waals surface area (Å²) >= 11 is 0. The van der Waals surface area contributed by atoms with Crippen molar-refractivity contribution in [1.82, 2.24) is 4.90 Å². The largest absolute Gasteiger partial charge is 0.341 e. The molecule has 1 amide bonds. The lowest BCUT2D eigenvalue weighted by atomic mass is 9.43. The Balaban J connectivity index is 1.42. The topological polar surface area (TPSA) is 20.3 Å². The lowest BCUT2D eigenvalue weighted by Gasteiger charge is -2.63. The summed E-state index contributed by atoms with van der Waals surface area (Å²) in [6.07, 6.45) is 7.98. The number of hydrogen-bond acceptors (Lipinski definition) is 1. The van der Waals surface area contributed by atoms with Gasteiger partial charge < -0.3 is 4.90 Å². The molecule has 2 unspecified atom stereocenters. The van der Waals surface area contributed by atoms with Crippen molar-refractivity contribution in [3.05, 3.63) is 71.3 Å². The maximum atomic E-state index is 13.0. The zero-order valence-electron chi connectivity index (χ0n) is 17.2. The molecule has 0 spiro atoms. The maximum Gasteiger partial charge on any atom is 0.253 e. The second-order valence-electron chi connectivity index (χ2n) is 10.1. The fourth-order valence-corrected chi connectivity index (χ4v) is 7.26. The van der Waals surface area contributed by atoms with Gasteiger partial charge >= 0.3 is 0 Å². The first kappa shape index (κ1) is 18.0. The molecule has 2 heteroatoms. The Morgan fingerprint density at radius 2 is 1.61 bits per heavy atom. The quantitative estimate of drug-likeness (QED) is 0.682. The minimum atomic E-state index is 0.167. The minimum absolute atomic E-state index is 0.167. The summed E-state index contributed by atoms with van der Waals surface area (Å²) in [7, 11) is 2.01. The summed E-state index contributed by atoms with van der Waals surface area (Å²) < 4.78 is 0. The molecule has 4 saturated carbocycles. The number of benzene rings is 2. The van der Waals surface area contributed by atoms with Crippen LogP contribution in [0.25, 0.3) is 0 Å². The van der Waals surface area contributed by atoms with Crippen molar-refractivity contribution in [2.75, 3.05) is 13.6 Å². The molecule has 4 aliphatic carbocycles. The van der Waals surface area contributed by atoms with E-state index in [0.29, 0.717) is 10.8 Å². The van der Waals surface area contributed by atoms with Crippen molar-refractivity contribution in [3.8, 4) is 0 Å². The van der Waals surface area contributed by atoms with Crippen molar-refractivity contribution in [2.45, 2.75) is 50.9 Å². The summed E-state index contributed by atoms with van der Waals surface area (Å²) in [6, 6.07) is 19.1. The summed E-state index contributed by atoms with van der Waals surface area (Å²) in [5.74, 6) is 1.84. The molecule has 6 rings (SSSR count). The first-order chi connectivity index (χ1) is 13.5. The van der Waals surface area contributed by atoms with Crippen LogP contribution in [0.4, 0.5) is 0 Å². The van der Waals surface area contributed by atoms with Gasteiger partial charge in [-0.2, -0.15) is 0 Å². The number of rotatable bonds is 4. The molecule has 146 valence electrons. The highest BCUT2D eigenvalue weighted by Gasteiger charge is 2.58. The van der Waals surface area contributed by atoms with Crippen molar-refractivity contribution in [2.24, 2.45) is 17.3 Å². The Morgan fingerprint density at radius 1 is 0.964 bits per heavy atom. The highest BCUT2D eigenvalue weighted by Crippen LogP contribution is 2.65. The number of carbonyl (C=O) groups is 1. The average molecular weight is 374 g/mol. The highest BCUT2D eigenvalue weighted by molar-refractivity contribution is 5.94. The van der Waals surface area contributed by atoms with Crippen molar-refractivity contribution < 1.29 is 4.79 Å². The number of carbonyl (C=O) groups excluding carboxylic acids is 1. The SMILES string of the molecule is Cc1ccc(C23CC4CC(CC(CN(C)C(=O)c5ccccc5)(C4)C2)C3)cc1. The molecule has 0 heterocycles. The van der Waals surface area contributed by atoms with E-state index in [0.717, 1.165) is 23.9 Å². The van der Waals surface area contributed by atoms with Crippen LogP contribution in [0.1, 0.15) is 60.0 Å². The first-order valence-electron chi connectivity index (χ1n) is 10.8. The van der Waals surface area contributed by atoms with E-state index in [1.807, 2.05) is 42.3 Å². The van der Waals surface area contributed by atoms with Gasteiger partial charge in [0.1, 0.15) is 0 Å². The van der Waals surface area contributed by atoms with E-state index < -0.39 is 0 Å².